The van der Waals surface area contributed by atoms with Crippen molar-refractivity contribution in [2.75, 3.05) is 19.8 Å². The molecule has 0 radical (unpaired) electrons. The van der Waals surface area contributed by atoms with Gasteiger partial charge in [-0.3, -0.25) is 0 Å². The smallest absolute Gasteiger partial charge is 0.0591 e. The second-order valence-electron chi connectivity index (χ2n) is 3.93. The van der Waals surface area contributed by atoms with Crippen LogP contribution < -0.4 is 5.32 Å². The molecule has 92 valence electrons. The van der Waals surface area contributed by atoms with Crippen LogP contribution >= 0.6 is 11.3 Å². The van der Waals surface area contributed by atoms with Gasteiger partial charge in [-0.2, -0.15) is 0 Å². The van der Waals surface area contributed by atoms with Gasteiger partial charge in [-0.1, -0.05) is 32.3 Å². The number of rotatable bonds is 10. The van der Waals surface area contributed by atoms with E-state index >= 15 is 0 Å². The van der Waals surface area contributed by atoms with Crippen LogP contribution in [0.4, 0.5) is 0 Å². The molecule has 1 N–H and O–H groups in total. The lowest BCUT2D eigenvalue weighted by Crippen LogP contribution is -2.18. The molecule has 16 heavy (non-hydrogen) atoms. The van der Waals surface area contributed by atoms with Gasteiger partial charge in [0.1, 0.15) is 0 Å². The van der Waals surface area contributed by atoms with E-state index in [9.17, 15) is 0 Å². The lowest BCUT2D eigenvalue weighted by molar-refractivity contribution is 0.131. The number of hydrogen-bond acceptors (Lipinski definition) is 3. The third-order valence-electron chi connectivity index (χ3n) is 2.44. The normalized spacial score (nSPS) is 10.8. The van der Waals surface area contributed by atoms with E-state index in [0.717, 1.165) is 26.3 Å². The monoisotopic (exact) mass is 241 g/mol. The average molecular weight is 241 g/mol. The van der Waals surface area contributed by atoms with E-state index in [0.29, 0.717) is 0 Å². The maximum absolute atomic E-state index is 5.54. The molecule has 0 aliphatic carbocycles. The van der Waals surface area contributed by atoms with E-state index in [1.165, 1.54) is 30.6 Å². The van der Waals surface area contributed by atoms with Crippen molar-refractivity contribution in [3.05, 3.63) is 22.4 Å². The lowest BCUT2D eigenvalue weighted by Gasteiger charge is -2.05. The Labute approximate surface area is 103 Å². The van der Waals surface area contributed by atoms with Crippen molar-refractivity contribution in [1.82, 2.24) is 5.32 Å². The first-order valence-corrected chi connectivity index (χ1v) is 7.12. The van der Waals surface area contributed by atoms with Crippen LogP contribution in [-0.4, -0.2) is 19.8 Å². The van der Waals surface area contributed by atoms with Gasteiger partial charge in [0.15, 0.2) is 0 Å². The quantitative estimate of drug-likeness (QED) is 0.634. The second-order valence-corrected chi connectivity index (χ2v) is 4.96. The maximum atomic E-state index is 5.54. The molecule has 0 saturated carbocycles. The fraction of sp³-hybridized carbons (Fsp3) is 0.692. The molecule has 3 heteroatoms. The molecule has 0 saturated heterocycles. The zero-order valence-electron chi connectivity index (χ0n) is 10.2. The molecular formula is C13H23NOS. The summed E-state index contributed by atoms with van der Waals surface area (Å²) >= 11 is 1.80. The number of hydrogen-bond donors (Lipinski definition) is 1. The van der Waals surface area contributed by atoms with Gasteiger partial charge >= 0.3 is 0 Å². The average Bonchev–Trinajstić information content (AvgIpc) is 2.80. The van der Waals surface area contributed by atoms with Gasteiger partial charge in [0.2, 0.25) is 0 Å². The molecule has 0 atom stereocenters. The molecular weight excluding hydrogens is 218 g/mol. The minimum atomic E-state index is 0.831. The molecule has 0 aliphatic rings. The summed E-state index contributed by atoms with van der Waals surface area (Å²) in [7, 11) is 0. The molecule has 0 aliphatic heterocycles. The van der Waals surface area contributed by atoms with Crippen LogP contribution in [-0.2, 0) is 11.3 Å². The highest BCUT2D eigenvalue weighted by molar-refractivity contribution is 7.09. The number of thiophene rings is 1. The number of unbranched alkanes of at least 4 members (excludes halogenated alkanes) is 3. The molecule has 0 amide bonds. The SMILES string of the molecule is CCCCCCOCCNCc1cccs1. The Hall–Kier alpha value is -0.380. The van der Waals surface area contributed by atoms with Gasteiger partial charge in [-0.15, -0.1) is 11.3 Å². The van der Waals surface area contributed by atoms with E-state index in [1.807, 2.05) is 0 Å². The van der Waals surface area contributed by atoms with Gasteiger partial charge in [0, 0.05) is 24.6 Å². The summed E-state index contributed by atoms with van der Waals surface area (Å²) in [6.45, 7) is 5.90. The van der Waals surface area contributed by atoms with Crippen LogP contribution in [0.2, 0.25) is 0 Å². The Morgan fingerprint density at radius 1 is 1.25 bits per heavy atom. The summed E-state index contributed by atoms with van der Waals surface area (Å²) in [5.74, 6) is 0. The van der Waals surface area contributed by atoms with Crippen molar-refractivity contribution >= 4 is 11.3 Å². The molecule has 0 spiro atoms. The Morgan fingerprint density at radius 3 is 2.94 bits per heavy atom. The van der Waals surface area contributed by atoms with E-state index in [2.05, 4.69) is 29.8 Å². The standard InChI is InChI=1S/C13H23NOS/c1-2-3-4-5-9-15-10-8-14-12-13-7-6-11-16-13/h6-7,11,14H,2-5,8-10,12H2,1H3. The third kappa shape index (κ3) is 6.99. The van der Waals surface area contributed by atoms with Gasteiger partial charge in [-0.25, -0.2) is 0 Å². The first-order chi connectivity index (χ1) is 7.93. The topological polar surface area (TPSA) is 21.3 Å². The minimum absolute atomic E-state index is 0.831. The van der Waals surface area contributed by atoms with Crippen LogP contribution in [0, 0.1) is 0 Å². The molecule has 1 aromatic heterocycles. The maximum Gasteiger partial charge on any atom is 0.0591 e. The van der Waals surface area contributed by atoms with Gasteiger partial charge in [0.05, 0.1) is 6.61 Å². The molecule has 1 aromatic rings. The van der Waals surface area contributed by atoms with Crippen LogP contribution in [0.25, 0.3) is 0 Å². The molecule has 0 aromatic carbocycles. The third-order valence-corrected chi connectivity index (χ3v) is 3.32. The highest BCUT2D eigenvalue weighted by atomic mass is 32.1. The van der Waals surface area contributed by atoms with Crippen molar-refractivity contribution < 1.29 is 4.74 Å². The van der Waals surface area contributed by atoms with Crippen molar-refractivity contribution in [3.8, 4) is 0 Å². The van der Waals surface area contributed by atoms with Gasteiger partial charge < -0.3 is 10.1 Å². The summed E-state index contributed by atoms with van der Waals surface area (Å²) in [4.78, 5) is 1.39. The van der Waals surface area contributed by atoms with E-state index in [1.54, 1.807) is 11.3 Å². The summed E-state index contributed by atoms with van der Waals surface area (Å²) in [5.41, 5.74) is 0. The van der Waals surface area contributed by atoms with Crippen LogP contribution in [0.1, 0.15) is 37.5 Å². The largest absolute Gasteiger partial charge is 0.380 e. The highest BCUT2D eigenvalue weighted by Gasteiger charge is 1.93. The van der Waals surface area contributed by atoms with Gasteiger partial charge in [-0.05, 0) is 17.9 Å². The molecule has 0 fully saturated rings. The van der Waals surface area contributed by atoms with E-state index in [-0.39, 0.29) is 0 Å². The Bertz CT molecular complexity index is 236. The van der Waals surface area contributed by atoms with Crippen LogP contribution in [0.3, 0.4) is 0 Å². The van der Waals surface area contributed by atoms with E-state index in [4.69, 9.17) is 4.74 Å². The Balaban J connectivity index is 1.78. The summed E-state index contributed by atoms with van der Waals surface area (Å²) in [6, 6.07) is 4.25. The first kappa shape index (κ1) is 13.7. The molecule has 0 unspecified atom stereocenters. The lowest BCUT2D eigenvalue weighted by atomic mass is 10.2. The number of ether oxygens (including phenoxy) is 1. The van der Waals surface area contributed by atoms with Crippen molar-refractivity contribution in [2.45, 2.75) is 39.2 Å². The molecule has 2 nitrogen and oxygen atoms in total. The summed E-state index contributed by atoms with van der Waals surface area (Å²) < 4.78 is 5.54. The predicted octanol–water partition coefficient (Wildman–Crippen LogP) is 3.43. The van der Waals surface area contributed by atoms with Crippen molar-refractivity contribution in [1.29, 1.82) is 0 Å². The zero-order valence-corrected chi connectivity index (χ0v) is 11.0. The predicted molar refractivity (Wildman–Crippen MR) is 71.0 cm³/mol. The fourth-order valence-corrected chi connectivity index (χ4v) is 2.18. The Morgan fingerprint density at radius 2 is 2.19 bits per heavy atom. The van der Waals surface area contributed by atoms with Crippen LogP contribution in [0.15, 0.2) is 17.5 Å². The van der Waals surface area contributed by atoms with Crippen molar-refractivity contribution in [2.24, 2.45) is 0 Å². The van der Waals surface area contributed by atoms with Crippen LogP contribution in [0.5, 0.6) is 0 Å². The molecule has 1 rings (SSSR count). The highest BCUT2D eigenvalue weighted by Crippen LogP contribution is 2.06. The zero-order chi connectivity index (χ0) is 11.5. The van der Waals surface area contributed by atoms with Gasteiger partial charge in [0.25, 0.3) is 0 Å². The summed E-state index contributed by atoms with van der Waals surface area (Å²) in [6.07, 6.45) is 5.14. The first-order valence-electron chi connectivity index (χ1n) is 6.24. The Kier molecular flexibility index (Phi) is 8.40. The molecule has 0 bridgehead atoms. The fourth-order valence-electron chi connectivity index (χ4n) is 1.50. The second kappa shape index (κ2) is 9.82. The number of nitrogens with one attached hydrogen (secondary N) is 1. The van der Waals surface area contributed by atoms with Crippen molar-refractivity contribution in [3.63, 3.8) is 0 Å². The van der Waals surface area contributed by atoms with E-state index < -0.39 is 0 Å². The molecule has 1 heterocycles. The summed E-state index contributed by atoms with van der Waals surface area (Å²) in [5, 5.41) is 5.49. The minimum Gasteiger partial charge on any atom is -0.380 e.